The lowest BCUT2D eigenvalue weighted by atomic mass is 9.81. The predicted molar refractivity (Wildman–Crippen MR) is 295 cm³/mol. The Bertz CT molecular complexity index is 3080. The van der Waals surface area contributed by atoms with Gasteiger partial charge >= 0.3 is 0 Å². The van der Waals surface area contributed by atoms with Crippen LogP contribution in [-0.4, -0.2) is 23.1 Å². The molecule has 2 aliphatic rings. The zero-order valence-corrected chi connectivity index (χ0v) is 46.0. The van der Waals surface area contributed by atoms with Crippen molar-refractivity contribution in [3.8, 4) is 22.3 Å². The Morgan fingerprint density at radius 2 is 0.643 bits per heavy atom. The molecule has 0 spiro atoms. The molecule has 0 radical (unpaired) electrons. The first-order valence-corrected chi connectivity index (χ1v) is 27.4. The van der Waals surface area contributed by atoms with E-state index < -0.39 is 0 Å². The highest BCUT2D eigenvalue weighted by Gasteiger charge is 2.37. The highest BCUT2D eigenvalue weighted by Crippen LogP contribution is 2.44. The van der Waals surface area contributed by atoms with Crippen LogP contribution in [0, 0.1) is 20.9 Å². The molecular formula is C64H72O4S2. The molecule has 6 aromatic rings. The quantitative estimate of drug-likeness (QED) is 0.123. The number of rotatable bonds is 12. The van der Waals surface area contributed by atoms with E-state index in [4.69, 9.17) is 0 Å². The molecule has 0 saturated carbocycles. The lowest BCUT2D eigenvalue weighted by molar-refractivity contribution is 0.101. The van der Waals surface area contributed by atoms with Crippen molar-refractivity contribution in [3.63, 3.8) is 0 Å². The number of carbonyl (C=O) groups excluding carboxylic acids is 4. The minimum absolute atomic E-state index is 0.152. The van der Waals surface area contributed by atoms with Crippen molar-refractivity contribution in [2.24, 2.45) is 11.8 Å². The van der Waals surface area contributed by atoms with Gasteiger partial charge in [0.25, 0.3) is 0 Å². The predicted octanol–water partition coefficient (Wildman–Crippen LogP) is 16.0. The molecule has 0 N–H and O–H groups in total. The Balaban J connectivity index is 1.62. The van der Waals surface area contributed by atoms with Crippen molar-refractivity contribution in [2.75, 3.05) is 0 Å². The maximum Gasteiger partial charge on any atom is 0.199 e. The van der Waals surface area contributed by atoms with Crippen LogP contribution in [-0.2, 0) is 12.8 Å². The summed E-state index contributed by atoms with van der Waals surface area (Å²) in [5, 5.41) is 0. The Morgan fingerprint density at radius 1 is 0.343 bits per heavy atom. The molecule has 4 aromatic carbocycles. The van der Waals surface area contributed by atoms with E-state index >= 15 is 0 Å². The fraction of sp³-hybridized carbons (Fsp3) is 0.406. The number of thiophene rings is 2. The van der Waals surface area contributed by atoms with Gasteiger partial charge in [0, 0.05) is 42.4 Å². The first-order chi connectivity index (χ1) is 33.0. The summed E-state index contributed by atoms with van der Waals surface area (Å²) in [6.07, 6.45) is 1.62. The van der Waals surface area contributed by atoms with Gasteiger partial charge < -0.3 is 0 Å². The van der Waals surface area contributed by atoms with Crippen LogP contribution in [0.2, 0.25) is 0 Å². The van der Waals surface area contributed by atoms with Gasteiger partial charge in [-0.2, -0.15) is 0 Å². The van der Waals surface area contributed by atoms with E-state index in [1.165, 1.54) is 56.1 Å². The van der Waals surface area contributed by atoms with Gasteiger partial charge in [-0.1, -0.05) is 159 Å². The summed E-state index contributed by atoms with van der Waals surface area (Å²) in [7, 11) is 0. The molecule has 0 unspecified atom stereocenters. The van der Waals surface area contributed by atoms with Gasteiger partial charge in [-0.15, -0.1) is 22.7 Å². The lowest BCUT2D eigenvalue weighted by Crippen LogP contribution is -2.10. The van der Waals surface area contributed by atoms with Crippen molar-refractivity contribution >= 4 is 57.0 Å². The van der Waals surface area contributed by atoms with E-state index in [0.717, 1.165) is 55.3 Å². The number of benzene rings is 4. The second-order valence-corrected chi connectivity index (χ2v) is 24.9. The molecule has 8 rings (SSSR count). The third-order valence-corrected chi connectivity index (χ3v) is 16.8. The molecule has 0 atom stereocenters. The van der Waals surface area contributed by atoms with Crippen LogP contribution in [0.5, 0.6) is 0 Å². The van der Waals surface area contributed by atoms with Gasteiger partial charge in [0.15, 0.2) is 23.1 Å². The third-order valence-electron chi connectivity index (χ3n) is 14.3. The molecule has 4 nitrogen and oxygen atoms in total. The molecule has 6 heteroatoms. The summed E-state index contributed by atoms with van der Waals surface area (Å²) in [5.41, 5.74) is 15.9. The molecule has 0 aliphatic heterocycles. The largest absolute Gasteiger partial charge is 0.288 e. The standard InChI is InChI=1S/C64H72O4S2/c1-31(2)21-39-17-19-43-49(23-39)61(67)57(59(43)65)53-29-51(55-45(35(9)10)25-41(33(5)6)26-46(55)36(11)12)63(69-53)64-52(56-47(37(13)14)27-42(34(7)8)28-48(56)38(15)16)30-54(70-64)58-60(66)44-20-18-40(22-32(3)4)24-50(44)62(58)68/h17-20,23-38H,21-22H2,1-16H3/b57-53-,58-54-,64-63+. The second-order valence-electron chi connectivity index (χ2n) is 22.8. The number of fused-ring (bicyclic) bond motifs is 2. The Hall–Kier alpha value is -5.30. The zero-order chi connectivity index (χ0) is 50.9. The average molecular weight is 969 g/mol. The van der Waals surface area contributed by atoms with Crippen molar-refractivity contribution < 1.29 is 19.2 Å². The first-order valence-electron chi connectivity index (χ1n) is 25.8. The molecule has 364 valence electrons. The van der Waals surface area contributed by atoms with Crippen LogP contribution in [0.4, 0.5) is 0 Å². The van der Waals surface area contributed by atoms with Crippen LogP contribution in [0.25, 0.3) is 33.4 Å². The van der Waals surface area contributed by atoms with Gasteiger partial charge in [-0.25, -0.2) is 0 Å². The van der Waals surface area contributed by atoms with Crippen molar-refractivity contribution in [3.05, 3.63) is 158 Å². The molecule has 0 fully saturated rings. The van der Waals surface area contributed by atoms with E-state index in [2.05, 4.69) is 147 Å². The maximum atomic E-state index is 14.8. The number of ketones is 4. The van der Waals surface area contributed by atoms with Gasteiger partial charge in [0.2, 0.25) is 0 Å². The van der Waals surface area contributed by atoms with E-state index in [9.17, 15) is 19.2 Å². The van der Waals surface area contributed by atoms with Crippen LogP contribution in [0.1, 0.15) is 232 Å². The minimum Gasteiger partial charge on any atom is -0.288 e. The second kappa shape index (κ2) is 19.7. The van der Waals surface area contributed by atoms with Gasteiger partial charge in [-0.05, 0) is 140 Å². The van der Waals surface area contributed by atoms with E-state index in [-0.39, 0.29) is 58.0 Å². The molecule has 2 aliphatic carbocycles. The van der Waals surface area contributed by atoms with Crippen molar-refractivity contribution in [2.45, 2.75) is 159 Å². The molecule has 0 saturated heterocycles. The maximum absolute atomic E-state index is 14.8. The molecule has 70 heavy (non-hydrogen) atoms. The molecule has 0 amide bonds. The molecule has 0 bridgehead atoms. The third kappa shape index (κ3) is 9.24. The Kier molecular flexibility index (Phi) is 14.4. The molecule has 2 heterocycles. The summed E-state index contributed by atoms with van der Waals surface area (Å²) in [4.78, 5) is 59.1. The summed E-state index contributed by atoms with van der Waals surface area (Å²) < 4.78 is 3.13. The van der Waals surface area contributed by atoms with E-state index in [0.29, 0.717) is 55.0 Å². The van der Waals surface area contributed by atoms with Crippen LogP contribution >= 0.6 is 22.7 Å². The number of carbonyl (C=O) groups is 4. The summed E-state index contributed by atoms with van der Waals surface area (Å²) >= 11 is 3.00. The first kappa shape index (κ1) is 51.1. The van der Waals surface area contributed by atoms with Crippen LogP contribution in [0.15, 0.2) is 72.8 Å². The summed E-state index contributed by atoms with van der Waals surface area (Å²) in [6.45, 7) is 35.6. The van der Waals surface area contributed by atoms with Crippen LogP contribution < -0.4 is 9.06 Å². The average Bonchev–Trinajstić information content (AvgIpc) is 4.03. The highest BCUT2D eigenvalue weighted by molar-refractivity contribution is 7.12. The van der Waals surface area contributed by atoms with Crippen LogP contribution in [0.3, 0.4) is 0 Å². The van der Waals surface area contributed by atoms with E-state index in [1.807, 2.05) is 36.4 Å². The van der Waals surface area contributed by atoms with Gasteiger partial charge in [0.05, 0.1) is 20.2 Å². The monoisotopic (exact) mass is 968 g/mol. The summed E-state index contributed by atoms with van der Waals surface area (Å²) in [6, 6.07) is 25.2. The van der Waals surface area contributed by atoms with Gasteiger partial charge in [0.1, 0.15) is 0 Å². The lowest BCUT2D eigenvalue weighted by Gasteiger charge is -2.23. The van der Waals surface area contributed by atoms with Gasteiger partial charge in [-0.3, -0.25) is 19.2 Å². The fourth-order valence-corrected chi connectivity index (χ4v) is 13.2. The Labute approximate surface area is 424 Å². The topological polar surface area (TPSA) is 68.3 Å². The Morgan fingerprint density at radius 3 is 0.914 bits per heavy atom. The SMILES string of the molecule is CC(C)Cc1ccc2c(c1)C(=O)/C(=c1/cc(-c3c(C(C)C)cc(C(C)C)cc3C(C)C)/c(=c3\s/c(=C4/C(=O)c5ccc(CC(C)C)cc5C4=O)cc3-c3c(C(C)C)cc(C(C)C)cc3C(C)C)s1)C2=O. The highest BCUT2D eigenvalue weighted by atomic mass is 32.1. The summed E-state index contributed by atoms with van der Waals surface area (Å²) in [5.74, 6) is 1.05. The molecule has 2 aromatic heterocycles. The number of Topliss-reactive ketones (excluding diaryl/α,β-unsaturated/α-hetero) is 4. The number of hydrogen-bond acceptors (Lipinski definition) is 6. The zero-order valence-electron chi connectivity index (χ0n) is 44.4. The number of hydrogen-bond donors (Lipinski definition) is 0. The van der Waals surface area contributed by atoms with E-state index in [1.54, 1.807) is 0 Å². The van der Waals surface area contributed by atoms with Crippen molar-refractivity contribution in [1.29, 1.82) is 0 Å². The minimum atomic E-state index is -0.244. The fourth-order valence-electron chi connectivity index (χ4n) is 10.6. The normalized spacial score (nSPS) is 16.1. The smallest absolute Gasteiger partial charge is 0.199 e. The van der Waals surface area contributed by atoms with Crippen molar-refractivity contribution in [1.82, 2.24) is 0 Å². The molecular weight excluding hydrogens is 897 g/mol.